The van der Waals surface area contributed by atoms with Crippen LogP contribution < -0.4 is 0 Å². The van der Waals surface area contributed by atoms with Crippen LogP contribution in [0.25, 0.3) is 0 Å². The Hall–Kier alpha value is -2.40. The maximum absolute atomic E-state index is 13.2. The van der Waals surface area contributed by atoms with Gasteiger partial charge in [0.15, 0.2) is 11.5 Å². The SMILES string of the molecule is C=CCc1cc(Cl)ccc1C(=O)c1c(C(=O)OCC)noc1C1CC1. The molecule has 25 heavy (non-hydrogen) atoms. The molecule has 0 spiro atoms. The first-order chi connectivity index (χ1) is 12.1. The molecule has 1 heterocycles. The van der Waals surface area contributed by atoms with E-state index in [0.717, 1.165) is 18.4 Å². The molecule has 0 radical (unpaired) electrons. The van der Waals surface area contributed by atoms with Crippen molar-refractivity contribution in [2.24, 2.45) is 0 Å². The number of carbonyl (C=O) groups is 2. The summed E-state index contributed by atoms with van der Waals surface area (Å²) in [4.78, 5) is 25.4. The molecular formula is C19H18ClNO4. The highest BCUT2D eigenvalue weighted by Gasteiger charge is 2.37. The topological polar surface area (TPSA) is 69.4 Å². The van der Waals surface area contributed by atoms with Gasteiger partial charge in [-0.2, -0.15) is 0 Å². The second-order valence-corrected chi connectivity index (χ2v) is 6.33. The van der Waals surface area contributed by atoms with Gasteiger partial charge in [-0.3, -0.25) is 4.79 Å². The molecule has 1 fully saturated rings. The lowest BCUT2D eigenvalue weighted by molar-refractivity contribution is 0.0512. The van der Waals surface area contributed by atoms with Gasteiger partial charge in [-0.25, -0.2) is 4.79 Å². The van der Waals surface area contributed by atoms with E-state index >= 15 is 0 Å². The van der Waals surface area contributed by atoms with Crippen LogP contribution in [0, 0.1) is 0 Å². The van der Waals surface area contributed by atoms with Crippen molar-refractivity contribution in [1.82, 2.24) is 5.16 Å². The van der Waals surface area contributed by atoms with E-state index in [1.54, 1.807) is 31.2 Å². The molecule has 0 N–H and O–H groups in total. The summed E-state index contributed by atoms with van der Waals surface area (Å²) in [5.74, 6) is -0.363. The molecule has 2 aromatic rings. The minimum Gasteiger partial charge on any atom is -0.461 e. The Balaban J connectivity index is 2.09. The van der Waals surface area contributed by atoms with Crippen molar-refractivity contribution in [2.75, 3.05) is 6.61 Å². The van der Waals surface area contributed by atoms with Crippen molar-refractivity contribution < 1.29 is 18.8 Å². The molecule has 5 nitrogen and oxygen atoms in total. The summed E-state index contributed by atoms with van der Waals surface area (Å²) in [6, 6.07) is 5.03. The molecule has 0 amide bonds. The number of hydrogen-bond acceptors (Lipinski definition) is 5. The Labute approximate surface area is 150 Å². The average Bonchev–Trinajstić information content (AvgIpc) is 3.33. The van der Waals surface area contributed by atoms with Gasteiger partial charge in [-0.05, 0) is 49.9 Å². The van der Waals surface area contributed by atoms with Crippen molar-refractivity contribution in [3.05, 3.63) is 64.0 Å². The summed E-state index contributed by atoms with van der Waals surface area (Å²) in [6.07, 6.45) is 4.01. The van der Waals surface area contributed by atoms with Crippen LogP contribution in [0.5, 0.6) is 0 Å². The van der Waals surface area contributed by atoms with E-state index in [1.165, 1.54) is 0 Å². The maximum atomic E-state index is 13.2. The molecule has 0 bridgehead atoms. The normalized spacial score (nSPS) is 13.5. The highest BCUT2D eigenvalue weighted by molar-refractivity contribution is 6.31. The molecule has 6 heteroatoms. The standard InChI is InChI=1S/C19H18ClNO4/c1-3-5-12-10-13(20)8-9-14(12)17(22)15-16(19(23)24-4-2)21-25-18(15)11-6-7-11/h3,8-11H,1,4-7H2,2H3. The molecule has 0 atom stereocenters. The van der Waals surface area contributed by atoms with E-state index in [9.17, 15) is 9.59 Å². The molecule has 1 aliphatic carbocycles. The average molecular weight is 360 g/mol. The van der Waals surface area contributed by atoms with E-state index in [1.807, 2.05) is 0 Å². The first-order valence-electron chi connectivity index (χ1n) is 8.17. The Kier molecular flexibility index (Phi) is 5.04. The number of halogens is 1. The summed E-state index contributed by atoms with van der Waals surface area (Å²) >= 11 is 6.05. The predicted octanol–water partition coefficient (Wildman–Crippen LogP) is 4.34. The van der Waals surface area contributed by atoms with Gasteiger partial charge in [-0.15, -0.1) is 6.58 Å². The minimum atomic E-state index is -0.652. The number of carbonyl (C=O) groups excluding carboxylic acids is 2. The predicted molar refractivity (Wildman–Crippen MR) is 93.2 cm³/mol. The van der Waals surface area contributed by atoms with Crippen LogP contribution in [0.1, 0.15) is 63.4 Å². The zero-order chi connectivity index (χ0) is 18.0. The second-order valence-electron chi connectivity index (χ2n) is 5.89. The van der Waals surface area contributed by atoms with Gasteiger partial charge in [-0.1, -0.05) is 22.8 Å². The third-order valence-corrected chi connectivity index (χ3v) is 4.27. The number of ether oxygens (including phenoxy) is 1. The highest BCUT2D eigenvalue weighted by Crippen LogP contribution is 2.43. The van der Waals surface area contributed by atoms with Crippen LogP contribution in [0.3, 0.4) is 0 Å². The first-order valence-corrected chi connectivity index (χ1v) is 8.55. The van der Waals surface area contributed by atoms with Gasteiger partial charge in [0.05, 0.1) is 6.61 Å². The largest absolute Gasteiger partial charge is 0.461 e. The molecule has 0 aliphatic heterocycles. The van der Waals surface area contributed by atoms with Crippen LogP contribution in [-0.4, -0.2) is 23.5 Å². The van der Waals surface area contributed by atoms with Crippen LogP contribution in [-0.2, 0) is 11.2 Å². The van der Waals surface area contributed by atoms with Crippen LogP contribution in [0.15, 0.2) is 35.4 Å². The fraction of sp³-hybridized carbons (Fsp3) is 0.316. The highest BCUT2D eigenvalue weighted by atomic mass is 35.5. The molecule has 130 valence electrons. The molecule has 1 saturated carbocycles. The summed E-state index contributed by atoms with van der Waals surface area (Å²) in [5.41, 5.74) is 1.34. The van der Waals surface area contributed by atoms with Crippen molar-refractivity contribution in [1.29, 1.82) is 0 Å². The molecule has 1 aromatic heterocycles. The number of esters is 1. The maximum Gasteiger partial charge on any atom is 0.361 e. The monoisotopic (exact) mass is 359 g/mol. The number of benzene rings is 1. The Morgan fingerprint density at radius 2 is 2.20 bits per heavy atom. The molecular weight excluding hydrogens is 342 g/mol. The van der Waals surface area contributed by atoms with E-state index in [0.29, 0.717) is 22.8 Å². The van der Waals surface area contributed by atoms with Crippen LogP contribution >= 0.6 is 11.6 Å². The van der Waals surface area contributed by atoms with E-state index in [4.69, 9.17) is 20.9 Å². The Morgan fingerprint density at radius 1 is 1.44 bits per heavy atom. The van der Waals surface area contributed by atoms with Gasteiger partial charge in [0.25, 0.3) is 0 Å². The number of ketones is 1. The van der Waals surface area contributed by atoms with E-state index in [-0.39, 0.29) is 29.6 Å². The Bertz CT molecular complexity index is 836. The lowest BCUT2D eigenvalue weighted by Gasteiger charge is -2.08. The molecule has 1 aliphatic rings. The number of nitrogens with zero attached hydrogens (tertiary/aromatic N) is 1. The van der Waals surface area contributed by atoms with Crippen molar-refractivity contribution >= 4 is 23.4 Å². The van der Waals surface area contributed by atoms with E-state index in [2.05, 4.69) is 11.7 Å². The molecule has 3 rings (SSSR count). The fourth-order valence-electron chi connectivity index (χ4n) is 2.73. The lowest BCUT2D eigenvalue weighted by Crippen LogP contribution is -2.14. The third-order valence-electron chi connectivity index (χ3n) is 4.04. The molecule has 1 aromatic carbocycles. The summed E-state index contributed by atoms with van der Waals surface area (Å²) < 4.78 is 10.3. The van der Waals surface area contributed by atoms with Gasteiger partial charge in [0.2, 0.25) is 5.69 Å². The van der Waals surface area contributed by atoms with Gasteiger partial charge in [0, 0.05) is 16.5 Å². The third kappa shape index (κ3) is 3.51. The Morgan fingerprint density at radius 3 is 2.84 bits per heavy atom. The van der Waals surface area contributed by atoms with Crippen molar-refractivity contribution in [3.8, 4) is 0 Å². The van der Waals surface area contributed by atoms with Crippen molar-refractivity contribution in [3.63, 3.8) is 0 Å². The summed E-state index contributed by atoms with van der Waals surface area (Å²) in [7, 11) is 0. The van der Waals surface area contributed by atoms with Crippen LogP contribution in [0.4, 0.5) is 0 Å². The fourth-order valence-corrected chi connectivity index (χ4v) is 2.92. The molecule has 0 saturated heterocycles. The summed E-state index contributed by atoms with van der Waals surface area (Å²) in [5, 5.41) is 4.35. The zero-order valence-corrected chi connectivity index (χ0v) is 14.6. The number of rotatable bonds is 7. The van der Waals surface area contributed by atoms with E-state index < -0.39 is 5.97 Å². The van der Waals surface area contributed by atoms with Crippen molar-refractivity contribution in [2.45, 2.75) is 32.1 Å². The van der Waals surface area contributed by atoms with Gasteiger partial charge < -0.3 is 9.26 Å². The molecule has 0 unspecified atom stereocenters. The van der Waals surface area contributed by atoms with Crippen LogP contribution in [0.2, 0.25) is 5.02 Å². The minimum absolute atomic E-state index is 0.0618. The van der Waals surface area contributed by atoms with Gasteiger partial charge >= 0.3 is 5.97 Å². The summed E-state index contributed by atoms with van der Waals surface area (Å²) in [6.45, 7) is 5.61. The number of allylic oxidation sites excluding steroid dienone is 1. The van der Waals surface area contributed by atoms with Gasteiger partial charge in [0.1, 0.15) is 5.56 Å². The first kappa shape index (κ1) is 17.4. The number of hydrogen-bond donors (Lipinski definition) is 0. The quantitative estimate of drug-likeness (QED) is 0.418. The second kappa shape index (κ2) is 7.23. The lowest BCUT2D eigenvalue weighted by atomic mass is 9.94. The smallest absolute Gasteiger partial charge is 0.361 e. The zero-order valence-electron chi connectivity index (χ0n) is 13.9. The number of aromatic nitrogens is 1.